The molecule has 0 aromatic heterocycles. The van der Waals surface area contributed by atoms with Crippen molar-refractivity contribution in [2.45, 2.75) is 52.1 Å². The van der Waals surface area contributed by atoms with E-state index >= 15 is 0 Å². The number of hydrogen-bond donors (Lipinski definition) is 2. The maximum absolute atomic E-state index is 11.6. The highest BCUT2D eigenvalue weighted by Crippen LogP contribution is 2.19. The molecule has 0 aromatic rings. The lowest BCUT2D eigenvalue weighted by molar-refractivity contribution is -0.171. The number of amides is 3. The quantitative estimate of drug-likeness (QED) is 0.541. The largest absolute Gasteiger partial charge is 0.481 e. The SMILES string of the molecule is CC(C)(C)OC(=O)N1CCC(C(=O)O)CC1.O=C1CCC(=O)N1O. The van der Waals surface area contributed by atoms with Gasteiger partial charge in [0.05, 0.1) is 5.92 Å². The molecule has 0 bridgehead atoms. The topological polar surface area (TPSA) is 124 Å². The first-order valence-electron chi connectivity index (χ1n) is 7.76. The molecule has 2 aliphatic rings. The third-order valence-electron chi connectivity index (χ3n) is 3.52. The van der Waals surface area contributed by atoms with Gasteiger partial charge >= 0.3 is 12.1 Å². The van der Waals surface area contributed by atoms with Crippen molar-refractivity contribution in [1.82, 2.24) is 9.96 Å². The van der Waals surface area contributed by atoms with Gasteiger partial charge in [0.15, 0.2) is 0 Å². The molecule has 2 N–H and O–H groups in total. The number of likely N-dealkylation sites (tertiary alicyclic amines) is 1. The van der Waals surface area contributed by atoms with Crippen LogP contribution >= 0.6 is 0 Å². The molecule has 24 heavy (non-hydrogen) atoms. The van der Waals surface area contributed by atoms with Gasteiger partial charge in [0.1, 0.15) is 5.60 Å². The van der Waals surface area contributed by atoms with Gasteiger partial charge in [-0.15, -0.1) is 0 Å². The zero-order valence-electron chi connectivity index (χ0n) is 14.2. The van der Waals surface area contributed by atoms with Crippen molar-refractivity contribution >= 4 is 23.9 Å². The van der Waals surface area contributed by atoms with Gasteiger partial charge in [-0.25, -0.2) is 4.79 Å². The molecule has 2 heterocycles. The van der Waals surface area contributed by atoms with Gasteiger partial charge in [-0.05, 0) is 33.6 Å². The first-order valence-corrected chi connectivity index (χ1v) is 7.76. The van der Waals surface area contributed by atoms with Crippen molar-refractivity contribution in [3.05, 3.63) is 0 Å². The maximum Gasteiger partial charge on any atom is 0.410 e. The highest BCUT2D eigenvalue weighted by Gasteiger charge is 2.29. The average Bonchev–Trinajstić information content (AvgIpc) is 2.77. The van der Waals surface area contributed by atoms with Crippen LogP contribution in [0.1, 0.15) is 46.5 Å². The van der Waals surface area contributed by atoms with Crippen molar-refractivity contribution in [1.29, 1.82) is 0 Å². The van der Waals surface area contributed by atoms with Crippen molar-refractivity contribution in [3.63, 3.8) is 0 Å². The minimum absolute atomic E-state index is 0.148. The van der Waals surface area contributed by atoms with E-state index in [0.717, 1.165) is 0 Å². The van der Waals surface area contributed by atoms with Crippen molar-refractivity contribution < 1.29 is 34.2 Å². The standard InChI is InChI=1S/C11H19NO4.C4H5NO3/c1-11(2,3)16-10(15)12-6-4-8(5-7-12)9(13)14;6-3-1-2-4(7)5(3)8/h8H,4-7H2,1-3H3,(H,13,14);8H,1-2H2. The minimum atomic E-state index is -0.774. The average molecular weight is 344 g/mol. The second-order valence-electron chi connectivity index (χ2n) is 6.68. The minimum Gasteiger partial charge on any atom is -0.481 e. The van der Waals surface area contributed by atoms with Crippen LogP contribution in [0.15, 0.2) is 0 Å². The molecule has 136 valence electrons. The highest BCUT2D eigenvalue weighted by atomic mass is 16.6. The molecule has 0 atom stereocenters. The van der Waals surface area contributed by atoms with Gasteiger partial charge in [-0.1, -0.05) is 0 Å². The van der Waals surface area contributed by atoms with Crippen LogP contribution in [0.3, 0.4) is 0 Å². The summed E-state index contributed by atoms with van der Waals surface area (Å²) in [5, 5.41) is 17.4. The van der Waals surface area contributed by atoms with Gasteiger partial charge in [0, 0.05) is 25.9 Å². The summed E-state index contributed by atoms with van der Waals surface area (Å²) in [4.78, 5) is 44.4. The highest BCUT2D eigenvalue weighted by molar-refractivity contribution is 6.00. The summed E-state index contributed by atoms with van der Waals surface area (Å²) in [7, 11) is 0. The van der Waals surface area contributed by atoms with Crippen LogP contribution in [0.4, 0.5) is 4.79 Å². The number of hydroxylamine groups is 2. The second kappa shape index (κ2) is 8.09. The van der Waals surface area contributed by atoms with Gasteiger partial charge in [-0.2, -0.15) is 5.06 Å². The lowest BCUT2D eigenvalue weighted by Gasteiger charge is -2.32. The third-order valence-corrected chi connectivity index (χ3v) is 3.52. The number of nitrogens with zero attached hydrogens (tertiary/aromatic N) is 2. The Morgan fingerprint density at radius 1 is 1.08 bits per heavy atom. The number of aliphatic carboxylic acids is 1. The summed E-state index contributed by atoms with van der Waals surface area (Å²) in [6.45, 7) is 6.37. The van der Waals surface area contributed by atoms with Gasteiger partial charge in [0.25, 0.3) is 11.8 Å². The van der Waals surface area contributed by atoms with Gasteiger partial charge in [0.2, 0.25) is 0 Å². The molecule has 3 amide bonds. The monoisotopic (exact) mass is 344 g/mol. The molecule has 0 radical (unpaired) electrons. The van der Waals surface area contributed by atoms with E-state index in [9.17, 15) is 19.2 Å². The number of ether oxygens (including phenoxy) is 1. The molecule has 0 saturated carbocycles. The van der Waals surface area contributed by atoms with Crippen molar-refractivity contribution in [3.8, 4) is 0 Å². The second-order valence-corrected chi connectivity index (χ2v) is 6.68. The predicted molar refractivity (Wildman–Crippen MR) is 81.0 cm³/mol. The number of carboxylic acids is 1. The van der Waals surface area contributed by atoms with E-state index in [1.165, 1.54) is 0 Å². The van der Waals surface area contributed by atoms with E-state index in [-0.39, 0.29) is 29.9 Å². The summed E-state index contributed by atoms with van der Waals surface area (Å²) < 4.78 is 5.21. The lowest BCUT2D eigenvalue weighted by Crippen LogP contribution is -2.42. The number of hydrogen-bond acceptors (Lipinski definition) is 6. The van der Waals surface area contributed by atoms with E-state index in [4.69, 9.17) is 15.1 Å². The van der Waals surface area contributed by atoms with Crippen molar-refractivity contribution in [2.75, 3.05) is 13.1 Å². The summed E-state index contributed by atoms with van der Waals surface area (Å²) in [6.07, 6.45) is 0.963. The fourth-order valence-corrected chi connectivity index (χ4v) is 2.20. The number of piperidine rings is 1. The Balaban J connectivity index is 0.000000300. The lowest BCUT2D eigenvalue weighted by atomic mass is 9.97. The Morgan fingerprint density at radius 2 is 1.54 bits per heavy atom. The summed E-state index contributed by atoms with van der Waals surface area (Å²) in [6, 6.07) is 0. The Kier molecular flexibility index (Phi) is 6.70. The fraction of sp³-hybridized carbons (Fsp3) is 0.733. The van der Waals surface area contributed by atoms with Crippen LogP contribution in [0, 0.1) is 5.92 Å². The number of carbonyl (C=O) groups excluding carboxylic acids is 3. The van der Waals surface area contributed by atoms with E-state index in [1.807, 2.05) is 20.8 Å². The Hall–Kier alpha value is -2.16. The van der Waals surface area contributed by atoms with E-state index in [1.54, 1.807) is 4.90 Å². The summed E-state index contributed by atoms with van der Waals surface area (Å²) in [5.74, 6) is -2.10. The molecule has 2 rings (SSSR count). The maximum atomic E-state index is 11.6. The normalized spacial score (nSPS) is 19.0. The Bertz CT molecular complexity index is 488. The van der Waals surface area contributed by atoms with Crippen LogP contribution in [-0.4, -0.2) is 62.8 Å². The van der Waals surface area contributed by atoms with Gasteiger partial charge in [-0.3, -0.25) is 19.6 Å². The number of carbonyl (C=O) groups is 4. The molecule has 9 nitrogen and oxygen atoms in total. The predicted octanol–water partition coefficient (Wildman–Crippen LogP) is 1.24. The van der Waals surface area contributed by atoms with Crippen LogP contribution in [0.5, 0.6) is 0 Å². The molecule has 0 aromatic carbocycles. The molecule has 0 unspecified atom stereocenters. The van der Waals surface area contributed by atoms with E-state index in [2.05, 4.69) is 0 Å². The van der Waals surface area contributed by atoms with E-state index in [0.29, 0.717) is 25.9 Å². The zero-order valence-corrected chi connectivity index (χ0v) is 14.2. The Morgan fingerprint density at radius 3 is 1.83 bits per heavy atom. The number of rotatable bonds is 1. The van der Waals surface area contributed by atoms with Crippen LogP contribution in [0.2, 0.25) is 0 Å². The summed E-state index contributed by atoms with van der Waals surface area (Å²) >= 11 is 0. The molecule has 0 spiro atoms. The number of imide groups is 1. The van der Waals surface area contributed by atoms with Crippen LogP contribution in [-0.2, 0) is 19.1 Å². The van der Waals surface area contributed by atoms with E-state index < -0.39 is 23.4 Å². The first-order chi connectivity index (χ1) is 11.0. The third kappa shape index (κ3) is 6.15. The first kappa shape index (κ1) is 19.9. The van der Waals surface area contributed by atoms with Crippen LogP contribution < -0.4 is 0 Å². The molecular formula is C15H24N2O7. The molecule has 0 aliphatic carbocycles. The van der Waals surface area contributed by atoms with Gasteiger partial charge < -0.3 is 14.7 Å². The molecule has 2 saturated heterocycles. The molecular weight excluding hydrogens is 320 g/mol. The zero-order chi connectivity index (χ0) is 18.5. The van der Waals surface area contributed by atoms with Crippen molar-refractivity contribution in [2.24, 2.45) is 5.92 Å². The smallest absolute Gasteiger partial charge is 0.410 e. The summed E-state index contributed by atoms with van der Waals surface area (Å²) in [5.41, 5.74) is -0.499. The molecule has 2 aliphatic heterocycles. The fourth-order valence-electron chi connectivity index (χ4n) is 2.20. The van der Waals surface area contributed by atoms with Crippen LogP contribution in [0.25, 0.3) is 0 Å². The molecule has 9 heteroatoms. The Labute approximate surface area is 140 Å². The number of carboxylic acid groups (broad SMARTS) is 1. The molecule has 2 fully saturated rings.